The molecular formula is C18H13F3O2S. The van der Waals surface area contributed by atoms with E-state index in [1.54, 1.807) is 30.3 Å². The Kier molecular flexibility index (Phi) is 4.09. The lowest BCUT2D eigenvalue weighted by atomic mass is 9.99. The first kappa shape index (κ1) is 16.5. The number of fused-ring (bicyclic) bond motifs is 1. The van der Waals surface area contributed by atoms with Crippen LogP contribution in [0, 0.1) is 17.5 Å². The molecule has 0 aliphatic carbocycles. The minimum absolute atomic E-state index is 0.130. The van der Waals surface area contributed by atoms with Crippen molar-refractivity contribution in [1.29, 1.82) is 0 Å². The lowest BCUT2D eigenvalue weighted by Crippen LogP contribution is -2.04. The molecule has 0 unspecified atom stereocenters. The summed E-state index contributed by atoms with van der Waals surface area (Å²) in [5.41, 5.74) is 0.199. The number of hydrogen-bond donors (Lipinski definition) is 0. The van der Waals surface area contributed by atoms with E-state index in [1.807, 2.05) is 0 Å². The van der Waals surface area contributed by atoms with E-state index in [9.17, 15) is 21.6 Å². The minimum atomic E-state index is -3.59. The first-order valence-electron chi connectivity index (χ1n) is 7.12. The van der Waals surface area contributed by atoms with Crippen LogP contribution in [0.5, 0.6) is 0 Å². The molecule has 0 N–H and O–H groups in total. The second-order valence-corrected chi connectivity index (χ2v) is 7.58. The quantitative estimate of drug-likeness (QED) is 0.662. The Morgan fingerprint density at radius 1 is 0.833 bits per heavy atom. The molecule has 0 aromatic heterocycles. The van der Waals surface area contributed by atoms with Crippen LogP contribution in [-0.2, 0) is 16.3 Å². The van der Waals surface area contributed by atoms with Crippen LogP contribution in [-0.4, -0.2) is 14.7 Å². The fourth-order valence-corrected chi connectivity index (χ4v) is 3.24. The van der Waals surface area contributed by atoms with Gasteiger partial charge < -0.3 is 0 Å². The van der Waals surface area contributed by atoms with Gasteiger partial charge in [-0.25, -0.2) is 21.6 Å². The Labute approximate surface area is 137 Å². The van der Waals surface area contributed by atoms with Crippen molar-refractivity contribution in [3.8, 4) is 0 Å². The van der Waals surface area contributed by atoms with Gasteiger partial charge >= 0.3 is 0 Å². The van der Waals surface area contributed by atoms with Crippen LogP contribution in [0.25, 0.3) is 10.8 Å². The molecule has 0 heterocycles. The van der Waals surface area contributed by atoms with Gasteiger partial charge in [0.1, 0.15) is 5.82 Å². The maximum Gasteiger partial charge on any atom is 0.175 e. The van der Waals surface area contributed by atoms with E-state index in [1.165, 1.54) is 0 Å². The third-order valence-electron chi connectivity index (χ3n) is 3.84. The highest BCUT2D eigenvalue weighted by molar-refractivity contribution is 7.90. The summed E-state index contributed by atoms with van der Waals surface area (Å²) in [4.78, 5) is -0.148. The molecule has 0 spiro atoms. The number of benzene rings is 3. The number of hydrogen-bond acceptors (Lipinski definition) is 2. The van der Waals surface area contributed by atoms with E-state index in [0.717, 1.165) is 24.5 Å². The zero-order valence-corrected chi connectivity index (χ0v) is 13.5. The third-order valence-corrected chi connectivity index (χ3v) is 4.95. The van der Waals surface area contributed by atoms with Crippen LogP contribution in [0.2, 0.25) is 0 Å². The summed E-state index contributed by atoms with van der Waals surface area (Å²) < 4.78 is 66.6. The van der Waals surface area contributed by atoms with Crippen LogP contribution < -0.4 is 0 Å². The smallest absolute Gasteiger partial charge is 0.175 e. The van der Waals surface area contributed by atoms with Crippen LogP contribution >= 0.6 is 0 Å². The SMILES string of the molecule is CS(=O)(=O)c1ccc2c(F)c(F)c(Cc3ccccc3)c(F)c2c1. The second-order valence-electron chi connectivity index (χ2n) is 5.56. The van der Waals surface area contributed by atoms with Crippen molar-refractivity contribution in [1.82, 2.24) is 0 Å². The van der Waals surface area contributed by atoms with E-state index in [2.05, 4.69) is 0 Å². The maximum absolute atomic E-state index is 14.8. The summed E-state index contributed by atoms with van der Waals surface area (Å²) in [6.45, 7) is 0. The minimum Gasteiger partial charge on any atom is -0.224 e. The monoisotopic (exact) mass is 350 g/mol. The first-order valence-corrected chi connectivity index (χ1v) is 9.01. The maximum atomic E-state index is 14.8. The van der Waals surface area contributed by atoms with Gasteiger partial charge in [0.2, 0.25) is 0 Å². The topological polar surface area (TPSA) is 34.1 Å². The standard InChI is InChI=1S/C18H13F3O2S/c1-24(22,23)12-7-8-13-14(10-12)16(19)15(18(21)17(13)20)9-11-5-3-2-4-6-11/h2-8,10H,9H2,1H3. The van der Waals surface area contributed by atoms with Crippen molar-refractivity contribution in [3.05, 3.63) is 77.1 Å². The Bertz CT molecular complexity index is 1030. The number of sulfone groups is 1. The van der Waals surface area contributed by atoms with Crippen molar-refractivity contribution < 1.29 is 21.6 Å². The van der Waals surface area contributed by atoms with Gasteiger partial charge in [0.25, 0.3) is 0 Å². The zero-order valence-electron chi connectivity index (χ0n) is 12.7. The number of rotatable bonds is 3. The summed E-state index contributed by atoms with van der Waals surface area (Å²) in [5.74, 6) is -3.38. The number of halogens is 3. The van der Waals surface area contributed by atoms with Gasteiger partial charge in [-0.2, -0.15) is 0 Å². The summed E-state index contributed by atoms with van der Waals surface area (Å²) in [5, 5.41) is -0.531. The summed E-state index contributed by atoms with van der Waals surface area (Å²) >= 11 is 0. The molecule has 124 valence electrons. The van der Waals surface area contributed by atoms with Gasteiger partial charge in [-0.1, -0.05) is 30.3 Å². The van der Waals surface area contributed by atoms with Crippen LogP contribution in [0.1, 0.15) is 11.1 Å². The molecule has 0 atom stereocenters. The largest absolute Gasteiger partial charge is 0.224 e. The van der Waals surface area contributed by atoms with E-state index < -0.39 is 32.9 Å². The molecule has 0 aliphatic rings. The van der Waals surface area contributed by atoms with Crippen LogP contribution in [0.3, 0.4) is 0 Å². The Morgan fingerprint density at radius 3 is 2.12 bits per heavy atom. The molecule has 0 saturated heterocycles. The van der Waals surface area contributed by atoms with Gasteiger partial charge in [0.15, 0.2) is 21.5 Å². The predicted molar refractivity (Wildman–Crippen MR) is 86.2 cm³/mol. The van der Waals surface area contributed by atoms with E-state index in [0.29, 0.717) is 5.56 Å². The normalized spacial score (nSPS) is 11.8. The van der Waals surface area contributed by atoms with E-state index >= 15 is 0 Å². The molecule has 3 aromatic rings. The van der Waals surface area contributed by atoms with Crippen molar-refractivity contribution >= 4 is 20.6 Å². The summed E-state index contributed by atoms with van der Waals surface area (Å²) in [7, 11) is -3.59. The Hall–Kier alpha value is -2.34. The Morgan fingerprint density at radius 2 is 1.50 bits per heavy atom. The molecule has 24 heavy (non-hydrogen) atoms. The molecule has 0 fully saturated rings. The molecule has 0 bridgehead atoms. The molecule has 3 rings (SSSR count). The average molecular weight is 350 g/mol. The van der Waals surface area contributed by atoms with Crippen molar-refractivity contribution in [2.24, 2.45) is 0 Å². The van der Waals surface area contributed by atoms with Gasteiger partial charge in [-0.05, 0) is 23.8 Å². The Balaban J connectivity index is 2.26. The highest BCUT2D eigenvalue weighted by atomic mass is 32.2. The van der Waals surface area contributed by atoms with Crippen LogP contribution in [0.4, 0.5) is 13.2 Å². The van der Waals surface area contributed by atoms with Crippen LogP contribution in [0.15, 0.2) is 53.4 Å². The molecule has 3 aromatic carbocycles. The highest BCUT2D eigenvalue weighted by Gasteiger charge is 2.21. The zero-order chi connectivity index (χ0) is 17.5. The third kappa shape index (κ3) is 2.89. The highest BCUT2D eigenvalue weighted by Crippen LogP contribution is 2.30. The van der Waals surface area contributed by atoms with Gasteiger partial charge in [0, 0.05) is 29.0 Å². The van der Waals surface area contributed by atoms with Crippen molar-refractivity contribution in [2.75, 3.05) is 6.26 Å². The average Bonchev–Trinajstić information content (AvgIpc) is 2.56. The fourth-order valence-electron chi connectivity index (χ4n) is 2.59. The molecule has 0 amide bonds. The van der Waals surface area contributed by atoms with Gasteiger partial charge in [-0.15, -0.1) is 0 Å². The van der Waals surface area contributed by atoms with Crippen molar-refractivity contribution in [3.63, 3.8) is 0 Å². The van der Waals surface area contributed by atoms with Gasteiger partial charge in [-0.3, -0.25) is 0 Å². The first-order chi connectivity index (χ1) is 11.3. The van der Waals surface area contributed by atoms with E-state index in [-0.39, 0.29) is 22.1 Å². The summed E-state index contributed by atoms with van der Waals surface area (Å²) in [6, 6.07) is 11.8. The molecule has 0 saturated carbocycles. The lowest BCUT2D eigenvalue weighted by Gasteiger charge is -2.11. The summed E-state index contributed by atoms with van der Waals surface area (Å²) in [6.07, 6.45) is 0.839. The fraction of sp³-hybridized carbons (Fsp3) is 0.111. The molecule has 2 nitrogen and oxygen atoms in total. The van der Waals surface area contributed by atoms with E-state index in [4.69, 9.17) is 0 Å². The molecular weight excluding hydrogens is 337 g/mol. The molecule has 6 heteroatoms. The molecule has 0 radical (unpaired) electrons. The van der Waals surface area contributed by atoms with Gasteiger partial charge in [0.05, 0.1) is 4.90 Å². The predicted octanol–water partition coefficient (Wildman–Crippen LogP) is 4.25. The lowest BCUT2D eigenvalue weighted by molar-refractivity contribution is 0.493. The molecule has 0 aliphatic heterocycles. The van der Waals surface area contributed by atoms with Crippen molar-refractivity contribution in [2.45, 2.75) is 11.3 Å². The second kappa shape index (κ2) is 5.94.